The molecule has 0 aromatic rings. The van der Waals surface area contributed by atoms with E-state index in [9.17, 15) is 9.59 Å². The minimum atomic E-state index is -0.00612. The molecule has 0 fully saturated rings. The van der Waals surface area contributed by atoms with Crippen LogP contribution in [0.5, 0.6) is 0 Å². The zero-order valence-electron chi connectivity index (χ0n) is 38.9. The molecule has 0 bridgehead atoms. The summed E-state index contributed by atoms with van der Waals surface area (Å²) in [6.45, 7) is 12.4. The average molecular weight is 793 g/mol. The lowest BCUT2D eigenvalue weighted by Crippen LogP contribution is -2.36. The summed E-state index contributed by atoms with van der Waals surface area (Å²) in [5.74, 6) is 1.77. The van der Waals surface area contributed by atoms with Gasteiger partial charge in [-0.1, -0.05) is 201 Å². The Labute approximate surface area is 350 Å². The zero-order chi connectivity index (χ0) is 41.2. The Morgan fingerprint density at radius 2 is 0.857 bits per heavy atom. The maximum atomic E-state index is 12.7. The van der Waals surface area contributed by atoms with Crippen molar-refractivity contribution in [2.45, 2.75) is 258 Å². The molecule has 0 saturated carbocycles. The first-order valence-corrected chi connectivity index (χ1v) is 25.0. The van der Waals surface area contributed by atoms with E-state index in [1.165, 1.54) is 180 Å². The highest BCUT2D eigenvalue weighted by atomic mass is 16.5. The highest BCUT2D eigenvalue weighted by molar-refractivity contribution is 5.76. The topological polar surface area (TPSA) is 67.9 Å². The van der Waals surface area contributed by atoms with Gasteiger partial charge in [0.15, 0.2) is 0 Å². The Morgan fingerprint density at radius 1 is 0.446 bits per heavy atom. The highest BCUT2D eigenvalue weighted by Gasteiger charge is 2.14. The van der Waals surface area contributed by atoms with E-state index in [0.717, 1.165) is 57.8 Å². The van der Waals surface area contributed by atoms with Crippen LogP contribution in [0.25, 0.3) is 0 Å². The second-order valence-corrected chi connectivity index (χ2v) is 17.9. The van der Waals surface area contributed by atoms with Crippen LogP contribution in [0, 0.1) is 11.8 Å². The standard InChI is InChI=1S/C50H100N2O4/c1-7-11-24-32-46(33-25-12-8-2)40-44-55-43-31-23-19-15-16-20-28-36-48(51-49(53)39-42-52(5)6)37-29-21-17-18-22-30-38-50(54)56-45-41-47(34-26-13-9-3)35-27-14-10-4/h46-48H,7-45H2,1-6H3,(H,51,53). The van der Waals surface area contributed by atoms with E-state index in [1.54, 1.807) is 0 Å². The molecule has 0 aliphatic carbocycles. The van der Waals surface area contributed by atoms with E-state index in [0.29, 0.717) is 31.4 Å². The molecule has 6 heteroatoms. The van der Waals surface area contributed by atoms with Gasteiger partial charge in [-0.2, -0.15) is 0 Å². The summed E-state index contributed by atoms with van der Waals surface area (Å²) in [5.41, 5.74) is 0. The van der Waals surface area contributed by atoms with E-state index in [2.05, 4.69) is 37.9 Å². The second-order valence-electron chi connectivity index (χ2n) is 17.9. The molecular weight excluding hydrogens is 693 g/mol. The number of hydrogen-bond acceptors (Lipinski definition) is 5. The molecule has 1 unspecified atom stereocenters. The number of amides is 1. The SMILES string of the molecule is CCCCCC(CCCCC)CCOCCCCCCCCCC(CCCCCCCCC(=O)OCCC(CCCCC)CCCCC)NC(=O)CCN(C)C. The summed E-state index contributed by atoms with van der Waals surface area (Å²) < 4.78 is 11.7. The van der Waals surface area contributed by atoms with Crippen LogP contribution in [0.2, 0.25) is 0 Å². The lowest BCUT2D eigenvalue weighted by Gasteiger charge is -2.20. The first-order chi connectivity index (χ1) is 27.4. The summed E-state index contributed by atoms with van der Waals surface area (Å²) in [6.07, 6.45) is 42.6. The first-order valence-electron chi connectivity index (χ1n) is 25.0. The van der Waals surface area contributed by atoms with E-state index >= 15 is 0 Å². The maximum absolute atomic E-state index is 12.7. The number of hydrogen-bond donors (Lipinski definition) is 1. The molecule has 1 atom stereocenters. The van der Waals surface area contributed by atoms with Gasteiger partial charge in [0, 0.05) is 38.6 Å². The van der Waals surface area contributed by atoms with Crippen molar-refractivity contribution in [3.63, 3.8) is 0 Å². The molecule has 0 spiro atoms. The summed E-state index contributed by atoms with van der Waals surface area (Å²) in [6, 6.07) is 0.298. The Morgan fingerprint density at radius 3 is 1.32 bits per heavy atom. The van der Waals surface area contributed by atoms with Crippen LogP contribution in [0.3, 0.4) is 0 Å². The fraction of sp³-hybridized carbons (Fsp3) is 0.960. The number of nitrogens with one attached hydrogen (secondary N) is 1. The average Bonchev–Trinajstić information content (AvgIpc) is 3.18. The van der Waals surface area contributed by atoms with E-state index in [-0.39, 0.29) is 11.9 Å². The fourth-order valence-electron chi connectivity index (χ4n) is 8.12. The molecule has 6 nitrogen and oxygen atoms in total. The highest BCUT2D eigenvalue weighted by Crippen LogP contribution is 2.23. The molecule has 0 rings (SSSR count). The van der Waals surface area contributed by atoms with Crippen molar-refractivity contribution >= 4 is 11.9 Å². The Kier molecular flexibility index (Phi) is 42.6. The van der Waals surface area contributed by atoms with Crippen LogP contribution >= 0.6 is 0 Å². The van der Waals surface area contributed by atoms with Gasteiger partial charge in [0.2, 0.25) is 5.91 Å². The van der Waals surface area contributed by atoms with Crippen molar-refractivity contribution in [3.8, 4) is 0 Å². The second kappa shape index (κ2) is 43.4. The summed E-state index contributed by atoms with van der Waals surface area (Å²) in [4.78, 5) is 27.1. The number of nitrogens with zero attached hydrogens (tertiary/aromatic N) is 1. The minimum Gasteiger partial charge on any atom is -0.466 e. The summed E-state index contributed by atoms with van der Waals surface area (Å²) in [7, 11) is 4.06. The largest absolute Gasteiger partial charge is 0.466 e. The van der Waals surface area contributed by atoms with Gasteiger partial charge in [0.25, 0.3) is 0 Å². The third-order valence-corrected chi connectivity index (χ3v) is 12.0. The zero-order valence-corrected chi connectivity index (χ0v) is 38.9. The molecule has 0 aliphatic rings. The molecule has 0 aliphatic heterocycles. The van der Waals surface area contributed by atoms with Crippen LogP contribution in [-0.4, -0.2) is 63.3 Å². The monoisotopic (exact) mass is 793 g/mol. The fourth-order valence-corrected chi connectivity index (χ4v) is 8.12. The van der Waals surface area contributed by atoms with Crippen molar-refractivity contribution in [1.82, 2.24) is 10.2 Å². The number of esters is 1. The van der Waals surface area contributed by atoms with Gasteiger partial charge in [0.05, 0.1) is 6.61 Å². The van der Waals surface area contributed by atoms with Crippen molar-refractivity contribution in [3.05, 3.63) is 0 Å². The van der Waals surface area contributed by atoms with E-state index in [4.69, 9.17) is 9.47 Å². The predicted molar refractivity (Wildman–Crippen MR) is 244 cm³/mol. The smallest absolute Gasteiger partial charge is 0.305 e. The van der Waals surface area contributed by atoms with Crippen LogP contribution in [0.15, 0.2) is 0 Å². The quantitative estimate of drug-likeness (QED) is 0.0491. The molecular formula is C50H100N2O4. The van der Waals surface area contributed by atoms with Gasteiger partial charge in [-0.25, -0.2) is 0 Å². The lowest BCUT2D eigenvalue weighted by molar-refractivity contribution is -0.144. The molecule has 1 amide bonds. The molecule has 56 heavy (non-hydrogen) atoms. The molecule has 334 valence electrons. The van der Waals surface area contributed by atoms with Gasteiger partial charge >= 0.3 is 5.97 Å². The van der Waals surface area contributed by atoms with Gasteiger partial charge in [-0.3, -0.25) is 9.59 Å². The van der Waals surface area contributed by atoms with Crippen LogP contribution in [0.1, 0.15) is 252 Å². The molecule has 0 aromatic heterocycles. The lowest BCUT2D eigenvalue weighted by atomic mass is 9.92. The van der Waals surface area contributed by atoms with Crippen LogP contribution in [-0.2, 0) is 19.1 Å². The molecule has 1 N–H and O–H groups in total. The molecule has 0 saturated heterocycles. The van der Waals surface area contributed by atoms with Gasteiger partial charge in [0.1, 0.15) is 0 Å². The summed E-state index contributed by atoms with van der Waals surface area (Å²) in [5, 5.41) is 3.38. The van der Waals surface area contributed by atoms with E-state index in [1.807, 2.05) is 14.1 Å². The maximum Gasteiger partial charge on any atom is 0.305 e. The first kappa shape index (κ1) is 54.9. The Hall–Kier alpha value is -1.14. The third kappa shape index (κ3) is 39.7. The number of carbonyl (C=O) groups is 2. The van der Waals surface area contributed by atoms with Crippen LogP contribution < -0.4 is 5.32 Å². The normalized spacial score (nSPS) is 12.3. The number of rotatable bonds is 45. The molecule has 0 radical (unpaired) electrons. The van der Waals surface area contributed by atoms with Crippen molar-refractivity contribution in [2.75, 3.05) is 40.5 Å². The molecule has 0 aromatic carbocycles. The number of ether oxygens (including phenoxy) is 2. The number of unbranched alkanes of at least 4 members (excludes halogenated alkanes) is 19. The predicted octanol–water partition coefficient (Wildman–Crippen LogP) is 14.6. The van der Waals surface area contributed by atoms with E-state index < -0.39 is 0 Å². The van der Waals surface area contributed by atoms with Crippen LogP contribution in [0.4, 0.5) is 0 Å². The van der Waals surface area contributed by atoms with Gasteiger partial charge < -0.3 is 19.7 Å². The molecule has 0 heterocycles. The minimum absolute atomic E-state index is 0.00612. The van der Waals surface area contributed by atoms with Gasteiger partial charge in [-0.05, 0) is 64.5 Å². The Bertz CT molecular complexity index is 801. The third-order valence-electron chi connectivity index (χ3n) is 12.0. The summed E-state index contributed by atoms with van der Waals surface area (Å²) >= 11 is 0. The van der Waals surface area contributed by atoms with Crippen molar-refractivity contribution < 1.29 is 19.1 Å². The van der Waals surface area contributed by atoms with Crippen molar-refractivity contribution in [1.29, 1.82) is 0 Å². The van der Waals surface area contributed by atoms with Crippen molar-refractivity contribution in [2.24, 2.45) is 11.8 Å². The number of carbonyl (C=O) groups excluding carboxylic acids is 2. The van der Waals surface area contributed by atoms with Gasteiger partial charge in [-0.15, -0.1) is 0 Å². The Balaban J connectivity index is 4.14.